The van der Waals surface area contributed by atoms with E-state index in [2.05, 4.69) is 49.6 Å². The van der Waals surface area contributed by atoms with Crippen LogP contribution in [-0.4, -0.2) is 59.6 Å². The SMILES string of the molecule is O=C(C1CCN(c2nc3ccccc3n2Cc2cccc(F)c2)CC1)N1CCN(c2ccccc2)CC1. The monoisotopic (exact) mass is 497 g/mol. The Bertz CT molecular complexity index is 1370. The molecule has 2 aliphatic rings. The molecule has 1 amide bonds. The molecule has 0 bridgehead atoms. The van der Waals surface area contributed by atoms with E-state index in [1.54, 1.807) is 12.1 Å². The van der Waals surface area contributed by atoms with Crippen molar-refractivity contribution in [2.75, 3.05) is 49.1 Å². The highest BCUT2D eigenvalue weighted by Crippen LogP contribution is 2.29. The second-order valence-corrected chi connectivity index (χ2v) is 10.0. The van der Waals surface area contributed by atoms with Crippen LogP contribution in [0.25, 0.3) is 11.0 Å². The van der Waals surface area contributed by atoms with E-state index >= 15 is 0 Å². The topological polar surface area (TPSA) is 44.6 Å². The number of carbonyl (C=O) groups excluding carboxylic acids is 1. The molecule has 7 heteroatoms. The standard InChI is InChI=1S/C30H32FN5O/c31-25-8-6-7-23(21-25)22-36-28-12-5-4-11-27(28)32-30(36)35-15-13-24(14-16-35)29(37)34-19-17-33(18-20-34)26-9-2-1-3-10-26/h1-12,21,24H,13-20,22H2. The minimum Gasteiger partial charge on any atom is -0.368 e. The number of carbonyl (C=O) groups is 1. The van der Waals surface area contributed by atoms with Crippen LogP contribution < -0.4 is 9.80 Å². The second-order valence-electron chi connectivity index (χ2n) is 10.0. The van der Waals surface area contributed by atoms with Gasteiger partial charge in [0, 0.05) is 50.9 Å². The van der Waals surface area contributed by atoms with Crippen molar-refractivity contribution in [3.8, 4) is 0 Å². The zero-order valence-electron chi connectivity index (χ0n) is 21.0. The largest absolute Gasteiger partial charge is 0.368 e. The predicted molar refractivity (Wildman–Crippen MR) is 145 cm³/mol. The average molecular weight is 498 g/mol. The number of hydrogen-bond acceptors (Lipinski definition) is 4. The van der Waals surface area contributed by atoms with Crippen LogP contribution in [-0.2, 0) is 11.3 Å². The number of piperidine rings is 1. The number of aromatic nitrogens is 2. The van der Waals surface area contributed by atoms with Crippen LogP contribution in [0.15, 0.2) is 78.9 Å². The molecule has 6 nitrogen and oxygen atoms in total. The molecule has 2 fully saturated rings. The van der Waals surface area contributed by atoms with Gasteiger partial charge in [0.05, 0.1) is 17.6 Å². The molecule has 37 heavy (non-hydrogen) atoms. The maximum atomic E-state index is 13.9. The summed E-state index contributed by atoms with van der Waals surface area (Å²) in [5.74, 6) is 1.02. The Balaban J connectivity index is 1.12. The van der Waals surface area contributed by atoms with E-state index in [-0.39, 0.29) is 11.7 Å². The molecule has 0 aliphatic carbocycles. The van der Waals surface area contributed by atoms with Gasteiger partial charge in [0.2, 0.25) is 11.9 Å². The number of fused-ring (bicyclic) bond motifs is 1. The highest BCUT2D eigenvalue weighted by Gasteiger charge is 2.32. The molecule has 1 aromatic heterocycles. The lowest BCUT2D eigenvalue weighted by atomic mass is 9.95. The molecule has 0 radical (unpaired) electrons. The van der Waals surface area contributed by atoms with Crippen molar-refractivity contribution in [3.05, 3.63) is 90.2 Å². The van der Waals surface area contributed by atoms with Gasteiger partial charge >= 0.3 is 0 Å². The summed E-state index contributed by atoms with van der Waals surface area (Å²) in [5.41, 5.74) is 4.10. The molecule has 3 heterocycles. The fourth-order valence-corrected chi connectivity index (χ4v) is 5.69. The fraction of sp³-hybridized carbons (Fsp3) is 0.333. The van der Waals surface area contributed by atoms with Crippen molar-refractivity contribution < 1.29 is 9.18 Å². The zero-order chi connectivity index (χ0) is 25.2. The van der Waals surface area contributed by atoms with Crippen molar-refractivity contribution in [2.45, 2.75) is 19.4 Å². The van der Waals surface area contributed by atoms with Crippen LogP contribution in [0.3, 0.4) is 0 Å². The van der Waals surface area contributed by atoms with Gasteiger partial charge < -0.3 is 19.3 Å². The number of imidazole rings is 1. The van der Waals surface area contributed by atoms with E-state index in [9.17, 15) is 9.18 Å². The quantitative estimate of drug-likeness (QED) is 0.398. The lowest BCUT2D eigenvalue weighted by Crippen LogP contribution is -2.51. The van der Waals surface area contributed by atoms with Gasteiger partial charge in [-0.25, -0.2) is 9.37 Å². The van der Waals surface area contributed by atoms with Gasteiger partial charge in [-0.05, 0) is 54.8 Å². The zero-order valence-corrected chi connectivity index (χ0v) is 21.0. The highest BCUT2D eigenvalue weighted by atomic mass is 19.1. The summed E-state index contributed by atoms with van der Waals surface area (Å²) in [7, 11) is 0. The van der Waals surface area contributed by atoms with E-state index in [1.807, 2.05) is 30.3 Å². The third kappa shape index (κ3) is 4.90. The van der Waals surface area contributed by atoms with Crippen LogP contribution in [0.4, 0.5) is 16.0 Å². The smallest absolute Gasteiger partial charge is 0.225 e. The Morgan fingerprint density at radius 1 is 0.811 bits per heavy atom. The summed E-state index contributed by atoms with van der Waals surface area (Å²) in [6.07, 6.45) is 1.64. The maximum absolute atomic E-state index is 13.9. The summed E-state index contributed by atoms with van der Waals surface area (Å²) in [4.78, 5) is 25.0. The number of hydrogen-bond donors (Lipinski definition) is 0. The first-order chi connectivity index (χ1) is 18.2. The molecule has 0 N–H and O–H groups in total. The summed E-state index contributed by atoms with van der Waals surface area (Å²) in [6.45, 7) is 5.42. The van der Waals surface area contributed by atoms with Gasteiger partial charge in [-0.1, -0.05) is 42.5 Å². The first kappa shape index (κ1) is 23.5. The number of piperazine rings is 1. The third-order valence-electron chi connectivity index (χ3n) is 7.70. The first-order valence-electron chi connectivity index (χ1n) is 13.2. The molecule has 0 saturated carbocycles. The highest BCUT2D eigenvalue weighted by molar-refractivity contribution is 5.80. The van der Waals surface area contributed by atoms with Crippen LogP contribution >= 0.6 is 0 Å². The molecule has 0 unspecified atom stereocenters. The molecule has 3 aromatic carbocycles. The van der Waals surface area contributed by atoms with Gasteiger partial charge in [-0.2, -0.15) is 0 Å². The Kier molecular flexibility index (Phi) is 6.51. The summed E-state index contributed by atoms with van der Waals surface area (Å²) >= 11 is 0. The number of rotatable bonds is 5. The number of halogens is 1. The summed E-state index contributed by atoms with van der Waals surface area (Å²) < 4.78 is 16.0. The van der Waals surface area contributed by atoms with Gasteiger partial charge in [0.1, 0.15) is 5.82 Å². The lowest BCUT2D eigenvalue weighted by Gasteiger charge is -2.39. The predicted octanol–water partition coefficient (Wildman–Crippen LogP) is 4.79. The first-order valence-corrected chi connectivity index (χ1v) is 13.2. The minimum atomic E-state index is -0.229. The van der Waals surface area contributed by atoms with Crippen molar-refractivity contribution >= 4 is 28.6 Å². The molecule has 4 aromatic rings. The van der Waals surface area contributed by atoms with E-state index in [0.717, 1.165) is 74.7 Å². The van der Waals surface area contributed by atoms with Crippen LogP contribution in [0, 0.1) is 11.7 Å². The van der Waals surface area contributed by atoms with Crippen molar-refractivity contribution in [2.24, 2.45) is 5.92 Å². The summed E-state index contributed by atoms with van der Waals surface area (Å²) in [5, 5.41) is 0. The van der Waals surface area contributed by atoms with Gasteiger partial charge in [0.25, 0.3) is 0 Å². The Hall–Kier alpha value is -3.87. The minimum absolute atomic E-state index is 0.0561. The van der Waals surface area contributed by atoms with Gasteiger partial charge in [-0.15, -0.1) is 0 Å². The normalized spacial score (nSPS) is 16.9. The molecule has 190 valence electrons. The average Bonchev–Trinajstić information content (AvgIpc) is 3.31. The maximum Gasteiger partial charge on any atom is 0.225 e. The second kappa shape index (κ2) is 10.2. The Morgan fingerprint density at radius 2 is 1.54 bits per heavy atom. The number of anilines is 2. The molecule has 0 atom stereocenters. The molecule has 6 rings (SSSR count). The Morgan fingerprint density at radius 3 is 2.30 bits per heavy atom. The molecular formula is C30H32FN5O. The molecule has 2 saturated heterocycles. The third-order valence-corrected chi connectivity index (χ3v) is 7.70. The van der Waals surface area contributed by atoms with E-state index in [1.165, 1.54) is 11.8 Å². The fourth-order valence-electron chi connectivity index (χ4n) is 5.69. The van der Waals surface area contributed by atoms with Crippen molar-refractivity contribution in [1.29, 1.82) is 0 Å². The van der Waals surface area contributed by atoms with Crippen LogP contribution in [0.2, 0.25) is 0 Å². The molecular weight excluding hydrogens is 465 g/mol. The van der Waals surface area contributed by atoms with E-state index in [0.29, 0.717) is 12.5 Å². The molecule has 0 spiro atoms. The lowest BCUT2D eigenvalue weighted by molar-refractivity contribution is -0.136. The van der Waals surface area contributed by atoms with Crippen molar-refractivity contribution in [1.82, 2.24) is 14.5 Å². The Labute approximate surface area is 216 Å². The van der Waals surface area contributed by atoms with Crippen LogP contribution in [0.1, 0.15) is 18.4 Å². The van der Waals surface area contributed by atoms with Crippen LogP contribution in [0.5, 0.6) is 0 Å². The van der Waals surface area contributed by atoms with Crippen molar-refractivity contribution in [3.63, 3.8) is 0 Å². The van der Waals surface area contributed by atoms with E-state index in [4.69, 9.17) is 4.98 Å². The van der Waals surface area contributed by atoms with Gasteiger partial charge in [-0.3, -0.25) is 4.79 Å². The summed E-state index contributed by atoms with van der Waals surface area (Å²) in [6, 6.07) is 25.3. The number of nitrogens with zero attached hydrogens (tertiary/aromatic N) is 5. The number of benzene rings is 3. The molecule has 2 aliphatic heterocycles. The van der Waals surface area contributed by atoms with Gasteiger partial charge in [0.15, 0.2) is 0 Å². The number of para-hydroxylation sites is 3. The van der Waals surface area contributed by atoms with E-state index < -0.39 is 0 Å². The number of amides is 1.